The first-order valence-corrected chi connectivity index (χ1v) is 5.79. The third kappa shape index (κ3) is 2.67. The molecule has 0 aliphatic heterocycles. The van der Waals surface area contributed by atoms with Crippen LogP contribution in [0.4, 0.5) is 0 Å². The number of hydrogen-bond donors (Lipinski definition) is 4. The van der Waals surface area contributed by atoms with Crippen molar-refractivity contribution in [3.63, 3.8) is 0 Å². The summed E-state index contributed by atoms with van der Waals surface area (Å²) in [7, 11) is 0. The number of rotatable bonds is 4. The molecule has 0 fully saturated rings. The van der Waals surface area contributed by atoms with E-state index < -0.39 is 12.0 Å². The van der Waals surface area contributed by atoms with Crippen molar-refractivity contribution in [3.05, 3.63) is 30.0 Å². The van der Waals surface area contributed by atoms with Gasteiger partial charge in [0.05, 0.1) is 11.9 Å². The van der Waals surface area contributed by atoms with E-state index in [2.05, 4.69) is 10.3 Å². The van der Waals surface area contributed by atoms with Gasteiger partial charge in [-0.2, -0.15) is 0 Å². The Balaban J connectivity index is 2.16. The lowest BCUT2D eigenvalue weighted by Gasteiger charge is -2.08. The van der Waals surface area contributed by atoms with Crippen LogP contribution in [0.5, 0.6) is 5.75 Å². The van der Waals surface area contributed by atoms with Crippen LogP contribution in [0.1, 0.15) is 12.5 Å². The molecule has 100 valence electrons. The fourth-order valence-electron chi connectivity index (χ4n) is 1.87. The van der Waals surface area contributed by atoms with Crippen molar-refractivity contribution >= 4 is 22.8 Å². The van der Waals surface area contributed by atoms with Crippen LogP contribution in [0.15, 0.2) is 24.4 Å². The minimum absolute atomic E-state index is 0.0566. The maximum atomic E-state index is 11.7. The highest BCUT2D eigenvalue weighted by Gasteiger charge is 2.16. The molecule has 0 spiro atoms. The van der Waals surface area contributed by atoms with Crippen LogP contribution >= 0.6 is 0 Å². The van der Waals surface area contributed by atoms with Crippen molar-refractivity contribution < 1.29 is 19.8 Å². The molecule has 0 aliphatic carbocycles. The van der Waals surface area contributed by atoms with Crippen LogP contribution in [-0.4, -0.2) is 33.1 Å². The molecule has 0 saturated heterocycles. The summed E-state index contributed by atoms with van der Waals surface area (Å²) in [5.74, 6) is -1.34. The highest BCUT2D eigenvalue weighted by molar-refractivity contribution is 5.92. The van der Waals surface area contributed by atoms with Crippen molar-refractivity contribution in [1.29, 1.82) is 0 Å². The monoisotopic (exact) mass is 262 g/mol. The Morgan fingerprint density at radius 2 is 2.16 bits per heavy atom. The third-order valence-electron chi connectivity index (χ3n) is 2.88. The van der Waals surface area contributed by atoms with E-state index in [0.29, 0.717) is 11.1 Å². The average molecular weight is 262 g/mol. The van der Waals surface area contributed by atoms with Gasteiger partial charge in [0, 0.05) is 11.6 Å². The van der Waals surface area contributed by atoms with Crippen molar-refractivity contribution in [2.24, 2.45) is 0 Å². The standard InChI is InChI=1S/C13H14N2O4/c1-7(13(18)19)15-11(17)5-8-6-14-12-9(8)3-2-4-10(12)16/h2-4,6-7,14,16H,5H2,1H3,(H,15,17)(H,18,19)/t7-/m0/s1. The zero-order chi connectivity index (χ0) is 14.0. The van der Waals surface area contributed by atoms with Gasteiger partial charge in [0.15, 0.2) is 0 Å². The highest BCUT2D eigenvalue weighted by atomic mass is 16.4. The SMILES string of the molecule is C[C@H](NC(=O)Cc1c[nH]c2c(O)cccc12)C(=O)O. The van der Waals surface area contributed by atoms with Gasteiger partial charge in [-0.25, -0.2) is 0 Å². The van der Waals surface area contributed by atoms with E-state index in [1.54, 1.807) is 24.4 Å². The van der Waals surface area contributed by atoms with E-state index in [1.165, 1.54) is 6.92 Å². The van der Waals surface area contributed by atoms with Gasteiger partial charge >= 0.3 is 5.97 Å². The number of phenols is 1. The van der Waals surface area contributed by atoms with E-state index in [1.807, 2.05) is 0 Å². The molecule has 0 saturated carbocycles. The lowest BCUT2D eigenvalue weighted by Crippen LogP contribution is -2.39. The van der Waals surface area contributed by atoms with Gasteiger partial charge in [0.1, 0.15) is 11.8 Å². The minimum Gasteiger partial charge on any atom is -0.506 e. The van der Waals surface area contributed by atoms with Crippen LogP contribution < -0.4 is 5.32 Å². The molecule has 19 heavy (non-hydrogen) atoms. The van der Waals surface area contributed by atoms with Crippen LogP contribution in [0.2, 0.25) is 0 Å². The summed E-state index contributed by atoms with van der Waals surface area (Å²) >= 11 is 0. The van der Waals surface area contributed by atoms with Gasteiger partial charge in [-0.15, -0.1) is 0 Å². The maximum absolute atomic E-state index is 11.7. The molecule has 1 atom stereocenters. The Kier molecular flexibility index (Phi) is 3.41. The summed E-state index contributed by atoms with van der Waals surface area (Å²) in [5, 5.41) is 21.5. The molecule has 0 bridgehead atoms. The number of carbonyl (C=O) groups is 2. The number of carboxylic acid groups (broad SMARTS) is 1. The third-order valence-corrected chi connectivity index (χ3v) is 2.88. The number of fused-ring (bicyclic) bond motifs is 1. The van der Waals surface area contributed by atoms with Crippen molar-refractivity contribution in [1.82, 2.24) is 10.3 Å². The number of carboxylic acids is 1. The second-order valence-corrected chi connectivity index (χ2v) is 4.32. The van der Waals surface area contributed by atoms with E-state index in [-0.39, 0.29) is 18.1 Å². The molecule has 2 rings (SSSR count). The van der Waals surface area contributed by atoms with E-state index in [0.717, 1.165) is 5.39 Å². The summed E-state index contributed by atoms with van der Waals surface area (Å²) in [6.45, 7) is 1.40. The predicted octanol–water partition coefficient (Wildman–Crippen LogP) is 1.01. The normalized spacial score (nSPS) is 12.3. The molecule has 4 N–H and O–H groups in total. The number of phenolic OH excluding ortho intramolecular Hbond substituents is 1. The number of amides is 1. The minimum atomic E-state index is -1.08. The molecule has 2 aromatic rings. The summed E-state index contributed by atoms with van der Waals surface area (Å²) in [6, 6.07) is 4.10. The molecule has 1 aromatic carbocycles. The van der Waals surface area contributed by atoms with Crippen LogP contribution in [0.3, 0.4) is 0 Å². The average Bonchev–Trinajstić information content (AvgIpc) is 2.73. The summed E-state index contributed by atoms with van der Waals surface area (Å²) in [4.78, 5) is 25.2. The Hall–Kier alpha value is -2.50. The quantitative estimate of drug-likeness (QED) is 0.660. The van der Waals surface area contributed by atoms with Crippen LogP contribution in [0.25, 0.3) is 10.9 Å². The number of hydrogen-bond acceptors (Lipinski definition) is 3. The second-order valence-electron chi connectivity index (χ2n) is 4.32. The lowest BCUT2D eigenvalue weighted by molar-refractivity contribution is -0.141. The first kappa shape index (κ1) is 12.9. The van der Waals surface area contributed by atoms with E-state index >= 15 is 0 Å². The fraction of sp³-hybridized carbons (Fsp3) is 0.231. The number of aromatic nitrogens is 1. The Bertz CT molecular complexity index is 633. The molecule has 6 heteroatoms. The molecule has 0 unspecified atom stereocenters. The smallest absolute Gasteiger partial charge is 0.325 e. The van der Waals surface area contributed by atoms with Gasteiger partial charge < -0.3 is 20.5 Å². The number of H-pyrrole nitrogens is 1. The summed E-state index contributed by atoms with van der Waals surface area (Å²) < 4.78 is 0. The molecule has 1 amide bonds. The predicted molar refractivity (Wildman–Crippen MR) is 68.9 cm³/mol. The first-order chi connectivity index (χ1) is 8.99. The van der Waals surface area contributed by atoms with Crippen molar-refractivity contribution in [2.45, 2.75) is 19.4 Å². The van der Waals surface area contributed by atoms with E-state index in [4.69, 9.17) is 5.11 Å². The number of aliphatic carboxylic acids is 1. The molecule has 1 heterocycles. The Morgan fingerprint density at radius 3 is 2.84 bits per heavy atom. The number of para-hydroxylation sites is 1. The first-order valence-electron chi connectivity index (χ1n) is 5.79. The highest BCUT2D eigenvalue weighted by Crippen LogP contribution is 2.26. The molecule has 6 nitrogen and oxygen atoms in total. The number of aromatic hydroxyl groups is 1. The molecule has 1 aromatic heterocycles. The molecular weight excluding hydrogens is 248 g/mol. The van der Waals surface area contributed by atoms with Crippen molar-refractivity contribution in [3.8, 4) is 5.75 Å². The Morgan fingerprint density at radius 1 is 1.42 bits per heavy atom. The summed E-state index contributed by atoms with van der Waals surface area (Å²) in [5.41, 5.74) is 1.28. The van der Waals surface area contributed by atoms with Gasteiger partial charge in [-0.1, -0.05) is 12.1 Å². The topological polar surface area (TPSA) is 102 Å². The lowest BCUT2D eigenvalue weighted by atomic mass is 10.1. The van der Waals surface area contributed by atoms with Gasteiger partial charge in [0.25, 0.3) is 0 Å². The summed E-state index contributed by atoms with van der Waals surface area (Å²) in [6.07, 6.45) is 1.69. The van der Waals surface area contributed by atoms with Gasteiger partial charge in [-0.05, 0) is 18.6 Å². The molecule has 0 radical (unpaired) electrons. The number of benzene rings is 1. The number of aromatic amines is 1. The number of carbonyl (C=O) groups excluding carboxylic acids is 1. The van der Waals surface area contributed by atoms with Crippen molar-refractivity contribution in [2.75, 3.05) is 0 Å². The fourth-order valence-corrected chi connectivity index (χ4v) is 1.87. The largest absolute Gasteiger partial charge is 0.506 e. The van der Waals surface area contributed by atoms with Crippen LogP contribution in [-0.2, 0) is 16.0 Å². The maximum Gasteiger partial charge on any atom is 0.325 e. The zero-order valence-corrected chi connectivity index (χ0v) is 10.3. The Labute approximate surface area is 109 Å². The van der Waals surface area contributed by atoms with Gasteiger partial charge in [0.2, 0.25) is 5.91 Å². The zero-order valence-electron chi connectivity index (χ0n) is 10.3. The second kappa shape index (κ2) is 5.01. The van der Waals surface area contributed by atoms with Crippen LogP contribution in [0, 0.1) is 0 Å². The molecule has 0 aliphatic rings. The van der Waals surface area contributed by atoms with Gasteiger partial charge in [-0.3, -0.25) is 9.59 Å². The number of nitrogens with one attached hydrogen (secondary N) is 2. The van der Waals surface area contributed by atoms with E-state index in [9.17, 15) is 14.7 Å². The molecular formula is C13H14N2O4.